The summed E-state index contributed by atoms with van der Waals surface area (Å²) in [6.07, 6.45) is 3.86. The van der Waals surface area contributed by atoms with E-state index in [2.05, 4.69) is 29.0 Å². The van der Waals surface area contributed by atoms with Crippen LogP contribution in [0.1, 0.15) is 65.2 Å². The number of nitrogens with two attached hydrogens (primary N) is 2. The maximum atomic E-state index is 12.8. The molecule has 0 saturated carbocycles. The molecule has 2 aromatic heterocycles. The molecular formula is C20H27N6O+. The van der Waals surface area contributed by atoms with E-state index < -0.39 is 0 Å². The lowest BCUT2D eigenvalue weighted by Crippen LogP contribution is -2.30. The highest BCUT2D eigenvalue weighted by molar-refractivity contribution is 6.06. The highest BCUT2D eigenvalue weighted by Gasteiger charge is 2.30. The van der Waals surface area contributed by atoms with Gasteiger partial charge in [0.05, 0.1) is 5.57 Å². The van der Waals surface area contributed by atoms with Crippen LogP contribution in [0, 0.1) is 6.92 Å². The van der Waals surface area contributed by atoms with Gasteiger partial charge in [0.2, 0.25) is 0 Å². The van der Waals surface area contributed by atoms with E-state index in [1.807, 2.05) is 30.0 Å². The molecule has 1 fully saturated rings. The number of aromatic nitrogens is 3. The first-order valence-corrected chi connectivity index (χ1v) is 9.23. The van der Waals surface area contributed by atoms with Gasteiger partial charge in [-0.2, -0.15) is 5.10 Å². The van der Waals surface area contributed by atoms with E-state index in [4.69, 9.17) is 11.1 Å². The molecule has 0 aliphatic carbocycles. The van der Waals surface area contributed by atoms with E-state index in [0.717, 1.165) is 34.6 Å². The summed E-state index contributed by atoms with van der Waals surface area (Å²) in [5.74, 6) is 0.462. The van der Waals surface area contributed by atoms with Crippen LogP contribution in [0.4, 0.5) is 0 Å². The number of allylic oxidation sites excluding steroid dienone is 1. The molecule has 5 N–H and O–H groups in total. The number of carbonyl (C=O) groups is 1. The molecule has 2 aromatic rings. The standard InChI is InChI=1S/C20H26N6O/c1-12(2)17-8-19(25-24-17)20(27)26-5-4-14(11-26)18-7-15(6-13(3)23-18)16(9-21)10-22/h6-10,12,14,21H,4-5,11,22H2,1-3H3,(H,24,25)/p+1/b16-10+,21-9?. The van der Waals surface area contributed by atoms with Gasteiger partial charge in [-0.3, -0.25) is 20.3 Å². The highest BCUT2D eigenvalue weighted by atomic mass is 16.2. The van der Waals surface area contributed by atoms with Crippen LogP contribution in [0.25, 0.3) is 5.57 Å². The molecular weight excluding hydrogens is 340 g/mol. The number of H-pyrrole nitrogens is 1. The molecule has 142 valence electrons. The molecule has 0 bridgehead atoms. The Morgan fingerprint density at radius 2 is 2.19 bits per heavy atom. The third kappa shape index (κ3) is 3.92. The molecule has 1 unspecified atom stereocenters. The zero-order chi connectivity index (χ0) is 19.6. The van der Waals surface area contributed by atoms with E-state index in [0.29, 0.717) is 24.7 Å². The van der Waals surface area contributed by atoms with Gasteiger partial charge in [0.1, 0.15) is 5.69 Å². The van der Waals surface area contributed by atoms with Crippen molar-refractivity contribution in [2.24, 2.45) is 5.73 Å². The number of carbonyl (C=O) groups excluding carboxylic acids is 1. The molecule has 1 amide bonds. The summed E-state index contributed by atoms with van der Waals surface area (Å²) in [6.45, 7) is 7.41. The van der Waals surface area contributed by atoms with Crippen molar-refractivity contribution in [1.82, 2.24) is 20.1 Å². The Hall–Kier alpha value is -2.96. The number of pyridine rings is 1. The average molecular weight is 367 g/mol. The number of hydrogen-bond acceptors (Lipinski definition) is 4. The van der Waals surface area contributed by atoms with E-state index in [1.54, 1.807) is 0 Å². The predicted octanol–water partition coefficient (Wildman–Crippen LogP) is 0.996. The number of aromatic amines is 1. The van der Waals surface area contributed by atoms with Gasteiger partial charge in [-0.15, -0.1) is 0 Å². The fourth-order valence-corrected chi connectivity index (χ4v) is 3.41. The number of nitrogens with one attached hydrogen (secondary N) is 1. The fraction of sp³-hybridized carbons (Fsp3) is 0.400. The summed E-state index contributed by atoms with van der Waals surface area (Å²) >= 11 is 0. The Bertz CT molecular complexity index is 882. The molecule has 7 nitrogen and oxygen atoms in total. The number of aryl methyl sites for hydroxylation is 1. The van der Waals surface area contributed by atoms with Crippen molar-refractivity contribution >= 4 is 17.7 Å². The molecule has 1 saturated heterocycles. The van der Waals surface area contributed by atoms with Gasteiger partial charge in [-0.25, -0.2) is 0 Å². The highest BCUT2D eigenvalue weighted by Crippen LogP contribution is 2.29. The maximum Gasteiger partial charge on any atom is 0.274 e. The van der Waals surface area contributed by atoms with E-state index in [-0.39, 0.29) is 11.8 Å². The molecule has 0 radical (unpaired) electrons. The van der Waals surface area contributed by atoms with Crippen LogP contribution in [0.5, 0.6) is 0 Å². The first-order valence-electron chi connectivity index (χ1n) is 9.23. The lowest BCUT2D eigenvalue weighted by atomic mass is 9.99. The molecule has 1 aliphatic rings. The quantitative estimate of drug-likeness (QED) is 0.684. The molecule has 1 aliphatic heterocycles. The summed E-state index contributed by atoms with van der Waals surface area (Å²) in [4.78, 5) is 19.3. The number of likely N-dealkylation sites (tertiary alicyclic amines) is 1. The second-order valence-electron chi connectivity index (χ2n) is 7.31. The summed E-state index contributed by atoms with van der Waals surface area (Å²) in [7, 11) is 0. The number of hydrogen-bond donors (Lipinski definition) is 3. The summed E-state index contributed by atoms with van der Waals surface area (Å²) < 4.78 is 0. The Labute approximate surface area is 159 Å². The Morgan fingerprint density at radius 3 is 2.81 bits per heavy atom. The van der Waals surface area contributed by atoms with Gasteiger partial charge in [0.25, 0.3) is 5.91 Å². The Kier molecular flexibility index (Phi) is 5.39. The van der Waals surface area contributed by atoms with Crippen LogP contribution < -0.4 is 11.1 Å². The third-order valence-electron chi connectivity index (χ3n) is 5.00. The van der Waals surface area contributed by atoms with Gasteiger partial charge in [0, 0.05) is 42.3 Å². The SMILES string of the molecule is Cc1cc(/C(C=[NH2+])=C/N)cc(C2CCN(C(=O)c3cc(C(C)C)[nH]n3)C2)n1. The summed E-state index contributed by atoms with van der Waals surface area (Å²) in [6, 6.07) is 5.82. The third-order valence-corrected chi connectivity index (χ3v) is 5.00. The van der Waals surface area contributed by atoms with Gasteiger partial charge < -0.3 is 10.6 Å². The normalized spacial score (nSPS) is 17.6. The van der Waals surface area contributed by atoms with Gasteiger partial charge in [-0.1, -0.05) is 13.8 Å². The zero-order valence-electron chi connectivity index (χ0n) is 16.1. The first-order chi connectivity index (χ1) is 12.9. The van der Waals surface area contributed by atoms with Crippen molar-refractivity contribution in [3.05, 3.63) is 52.7 Å². The summed E-state index contributed by atoms with van der Waals surface area (Å²) in [5.41, 5.74) is 10.7. The monoisotopic (exact) mass is 367 g/mol. The topological polar surface area (TPSA) is 113 Å². The smallest absolute Gasteiger partial charge is 0.274 e. The van der Waals surface area contributed by atoms with E-state index >= 15 is 0 Å². The van der Waals surface area contributed by atoms with Gasteiger partial charge in [-0.05, 0) is 43.0 Å². The molecule has 0 spiro atoms. The molecule has 27 heavy (non-hydrogen) atoms. The lowest BCUT2D eigenvalue weighted by Gasteiger charge is -2.16. The van der Waals surface area contributed by atoms with Crippen molar-refractivity contribution < 1.29 is 10.2 Å². The number of rotatable bonds is 5. The van der Waals surface area contributed by atoms with E-state index in [1.165, 1.54) is 12.4 Å². The van der Waals surface area contributed by atoms with Gasteiger partial charge >= 0.3 is 0 Å². The van der Waals surface area contributed by atoms with Crippen LogP contribution >= 0.6 is 0 Å². The maximum absolute atomic E-state index is 12.8. The minimum absolute atomic E-state index is 0.0358. The minimum atomic E-state index is -0.0358. The van der Waals surface area contributed by atoms with Crippen molar-refractivity contribution in [2.45, 2.75) is 39.0 Å². The minimum Gasteiger partial charge on any atom is -0.404 e. The van der Waals surface area contributed by atoms with Crippen LogP contribution in [0.2, 0.25) is 0 Å². The Balaban J connectivity index is 1.77. The van der Waals surface area contributed by atoms with E-state index in [9.17, 15) is 4.79 Å². The second kappa shape index (κ2) is 7.73. The number of amides is 1. The fourth-order valence-electron chi connectivity index (χ4n) is 3.41. The first kappa shape index (κ1) is 18.8. The molecule has 3 heterocycles. The summed E-state index contributed by atoms with van der Waals surface area (Å²) in [5, 5.41) is 12.8. The van der Waals surface area contributed by atoms with Crippen molar-refractivity contribution in [1.29, 1.82) is 0 Å². The van der Waals surface area contributed by atoms with Crippen LogP contribution in [0.15, 0.2) is 24.4 Å². The molecule has 0 aromatic carbocycles. The van der Waals surface area contributed by atoms with Crippen LogP contribution in [0.3, 0.4) is 0 Å². The Morgan fingerprint density at radius 1 is 1.41 bits per heavy atom. The predicted molar refractivity (Wildman–Crippen MR) is 105 cm³/mol. The average Bonchev–Trinajstić information content (AvgIpc) is 3.32. The largest absolute Gasteiger partial charge is 0.404 e. The molecule has 3 rings (SSSR count). The van der Waals surface area contributed by atoms with Crippen molar-refractivity contribution in [3.63, 3.8) is 0 Å². The van der Waals surface area contributed by atoms with Crippen LogP contribution in [-0.2, 0) is 0 Å². The second-order valence-corrected chi connectivity index (χ2v) is 7.31. The molecule has 7 heteroatoms. The molecule has 1 atom stereocenters. The number of nitrogens with zero attached hydrogens (tertiary/aromatic N) is 3. The lowest BCUT2D eigenvalue weighted by molar-refractivity contribution is -0.103. The zero-order valence-corrected chi connectivity index (χ0v) is 16.1. The van der Waals surface area contributed by atoms with Crippen molar-refractivity contribution in [3.8, 4) is 0 Å². The van der Waals surface area contributed by atoms with Crippen molar-refractivity contribution in [2.75, 3.05) is 13.1 Å². The van der Waals surface area contributed by atoms with Gasteiger partial charge in [0.15, 0.2) is 6.21 Å². The van der Waals surface area contributed by atoms with Crippen LogP contribution in [-0.4, -0.2) is 45.3 Å².